The standard InChI is InChI=1S/C20H22N4O4S2/c1-27-17-5-4-6-18(28-2)15(17)11-22-19(21)24-20-23-16(12-29-20)13-7-9-14(10-8-13)30(3,25)26/h4-10,12H,11H2,1-3H3,(H3,21,22,23,24). The van der Waals surface area contributed by atoms with Crippen LogP contribution in [0.3, 0.4) is 0 Å². The van der Waals surface area contributed by atoms with E-state index >= 15 is 0 Å². The molecule has 3 aromatic rings. The number of hydrogen-bond acceptors (Lipinski definition) is 7. The van der Waals surface area contributed by atoms with Crippen molar-refractivity contribution in [2.45, 2.75) is 11.4 Å². The molecular formula is C20H22N4O4S2. The molecule has 30 heavy (non-hydrogen) atoms. The van der Waals surface area contributed by atoms with Crippen LogP contribution in [0.1, 0.15) is 5.56 Å². The van der Waals surface area contributed by atoms with Crippen LogP contribution in [0.5, 0.6) is 11.5 Å². The van der Waals surface area contributed by atoms with Crippen molar-refractivity contribution in [3.8, 4) is 22.8 Å². The fourth-order valence-corrected chi connectivity index (χ4v) is 4.12. The van der Waals surface area contributed by atoms with Gasteiger partial charge in [0.25, 0.3) is 0 Å². The van der Waals surface area contributed by atoms with Crippen molar-refractivity contribution in [2.75, 3.05) is 25.8 Å². The number of ether oxygens (including phenoxy) is 2. The van der Waals surface area contributed by atoms with E-state index in [0.717, 1.165) is 11.1 Å². The third kappa shape index (κ3) is 5.08. The maximum absolute atomic E-state index is 11.6. The summed E-state index contributed by atoms with van der Waals surface area (Å²) in [5.74, 6) is 1.42. The summed E-state index contributed by atoms with van der Waals surface area (Å²) in [6, 6.07) is 12.0. The van der Waals surface area contributed by atoms with Crippen LogP contribution >= 0.6 is 11.3 Å². The number of sulfone groups is 1. The zero-order valence-electron chi connectivity index (χ0n) is 16.7. The number of benzene rings is 2. The Hall–Kier alpha value is -3.11. The highest BCUT2D eigenvalue weighted by Gasteiger charge is 2.12. The molecule has 0 unspecified atom stereocenters. The fourth-order valence-electron chi connectivity index (χ4n) is 2.77. The zero-order valence-corrected chi connectivity index (χ0v) is 18.4. The van der Waals surface area contributed by atoms with Crippen molar-refractivity contribution in [3.63, 3.8) is 0 Å². The Morgan fingerprint density at radius 3 is 2.30 bits per heavy atom. The number of rotatable bonds is 7. The van der Waals surface area contributed by atoms with Crippen LogP contribution in [-0.2, 0) is 16.4 Å². The second kappa shape index (κ2) is 9.14. The van der Waals surface area contributed by atoms with Gasteiger partial charge < -0.3 is 20.1 Å². The molecule has 0 aliphatic rings. The Morgan fingerprint density at radius 1 is 1.10 bits per heavy atom. The predicted octanol–water partition coefficient (Wildman–Crippen LogP) is 3.37. The number of anilines is 1. The molecule has 8 nitrogen and oxygen atoms in total. The molecular weight excluding hydrogens is 424 g/mol. The van der Waals surface area contributed by atoms with E-state index in [0.29, 0.717) is 28.9 Å². The average molecular weight is 447 g/mol. The maximum Gasteiger partial charge on any atom is 0.195 e. The minimum atomic E-state index is -3.24. The molecule has 1 heterocycles. The maximum atomic E-state index is 11.6. The third-order valence-electron chi connectivity index (χ3n) is 4.29. The summed E-state index contributed by atoms with van der Waals surface area (Å²) in [5.41, 5.74) is 2.30. The van der Waals surface area contributed by atoms with Gasteiger partial charge >= 0.3 is 0 Å². The van der Waals surface area contributed by atoms with Gasteiger partial charge in [-0.15, -0.1) is 11.3 Å². The van der Waals surface area contributed by atoms with E-state index in [2.05, 4.69) is 15.6 Å². The van der Waals surface area contributed by atoms with Crippen molar-refractivity contribution < 1.29 is 17.9 Å². The minimum Gasteiger partial charge on any atom is -0.496 e. The van der Waals surface area contributed by atoms with Gasteiger partial charge in [-0.1, -0.05) is 18.2 Å². The molecule has 0 saturated carbocycles. The highest BCUT2D eigenvalue weighted by molar-refractivity contribution is 7.90. The van der Waals surface area contributed by atoms with Crippen LogP contribution in [-0.4, -0.2) is 39.8 Å². The molecule has 0 radical (unpaired) electrons. The first-order chi connectivity index (χ1) is 14.3. The fraction of sp³-hybridized carbons (Fsp3) is 0.200. The molecule has 0 fully saturated rings. The topological polar surface area (TPSA) is 113 Å². The van der Waals surface area contributed by atoms with Gasteiger partial charge in [0.15, 0.2) is 20.9 Å². The summed E-state index contributed by atoms with van der Waals surface area (Å²) in [5, 5.41) is 16.4. The quantitative estimate of drug-likeness (QED) is 0.377. The van der Waals surface area contributed by atoms with Gasteiger partial charge in [-0.2, -0.15) is 0 Å². The van der Waals surface area contributed by atoms with Gasteiger partial charge in [0, 0.05) is 17.2 Å². The minimum absolute atomic E-state index is 0.0799. The van der Waals surface area contributed by atoms with E-state index in [1.54, 1.807) is 38.5 Å². The normalized spacial score (nSPS) is 11.0. The molecule has 10 heteroatoms. The first-order valence-electron chi connectivity index (χ1n) is 8.87. The van der Waals surface area contributed by atoms with E-state index in [9.17, 15) is 8.42 Å². The summed E-state index contributed by atoms with van der Waals surface area (Å²) in [6.07, 6.45) is 1.17. The number of nitrogens with zero attached hydrogens (tertiary/aromatic N) is 1. The average Bonchev–Trinajstić information content (AvgIpc) is 3.19. The number of aromatic nitrogens is 1. The van der Waals surface area contributed by atoms with E-state index < -0.39 is 9.84 Å². The van der Waals surface area contributed by atoms with Gasteiger partial charge in [0.05, 0.1) is 36.9 Å². The lowest BCUT2D eigenvalue weighted by atomic mass is 10.1. The zero-order chi connectivity index (χ0) is 21.7. The van der Waals surface area contributed by atoms with Crippen molar-refractivity contribution in [2.24, 2.45) is 0 Å². The Bertz CT molecular complexity index is 1120. The largest absolute Gasteiger partial charge is 0.496 e. The number of hydrogen-bond donors (Lipinski definition) is 3. The number of nitrogens with one attached hydrogen (secondary N) is 3. The Labute approximate surface area is 179 Å². The SMILES string of the molecule is COc1cccc(OC)c1CNC(=N)Nc1nc(-c2ccc(S(C)(=O)=O)cc2)cs1. The van der Waals surface area contributed by atoms with Crippen LogP contribution in [0.25, 0.3) is 11.3 Å². The van der Waals surface area contributed by atoms with Crippen molar-refractivity contribution >= 4 is 32.3 Å². The first-order valence-corrected chi connectivity index (χ1v) is 11.6. The number of methoxy groups -OCH3 is 2. The van der Waals surface area contributed by atoms with Crippen molar-refractivity contribution in [3.05, 3.63) is 53.4 Å². The monoisotopic (exact) mass is 446 g/mol. The second-order valence-corrected chi connectivity index (χ2v) is 9.20. The molecule has 0 saturated heterocycles. The van der Waals surface area contributed by atoms with Gasteiger partial charge in [0.2, 0.25) is 0 Å². The van der Waals surface area contributed by atoms with Crippen LogP contribution in [0.4, 0.5) is 5.13 Å². The molecule has 0 aliphatic carbocycles. The second-order valence-electron chi connectivity index (χ2n) is 6.33. The summed E-state index contributed by atoms with van der Waals surface area (Å²) >= 11 is 1.35. The Kier molecular flexibility index (Phi) is 6.58. The van der Waals surface area contributed by atoms with Crippen LogP contribution in [0.15, 0.2) is 52.7 Å². The molecule has 0 amide bonds. The molecule has 1 aromatic heterocycles. The van der Waals surface area contributed by atoms with E-state index in [-0.39, 0.29) is 10.9 Å². The van der Waals surface area contributed by atoms with Crippen LogP contribution in [0.2, 0.25) is 0 Å². The summed E-state index contributed by atoms with van der Waals surface area (Å²) in [6.45, 7) is 0.338. The first kappa shape index (κ1) is 21.6. The lowest BCUT2D eigenvalue weighted by Crippen LogP contribution is -2.29. The lowest BCUT2D eigenvalue weighted by molar-refractivity contribution is 0.384. The lowest BCUT2D eigenvalue weighted by Gasteiger charge is -2.14. The van der Waals surface area contributed by atoms with Gasteiger partial charge in [-0.25, -0.2) is 13.4 Å². The Morgan fingerprint density at radius 2 is 1.73 bits per heavy atom. The summed E-state index contributed by atoms with van der Waals surface area (Å²) in [7, 11) is -0.0668. The van der Waals surface area contributed by atoms with Gasteiger partial charge in [-0.3, -0.25) is 5.41 Å². The highest BCUT2D eigenvalue weighted by atomic mass is 32.2. The Balaban J connectivity index is 1.65. The molecule has 3 N–H and O–H groups in total. The summed E-state index contributed by atoms with van der Waals surface area (Å²) < 4.78 is 33.9. The van der Waals surface area contributed by atoms with E-state index in [1.807, 2.05) is 23.6 Å². The van der Waals surface area contributed by atoms with Gasteiger partial charge in [-0.05, 0) is 24.3 Å². The molecule has 0 spiro atoms. The molecule has 0 aliphatic heterocycles. The van der Waals surface area contributed by atoms with Crippen molar-refractivity contribution in [1.82, 2.24) is 10.3 Å². The number of guanidine groups is 1. The van der Waals surface area contributed by atoms with Gasteiger partial charge in [0.1, 0.15) is 11.5 Å². The smallest absolute Gasteiger partial charge is 0.195 e. The predicted molar refractivity (Wildman–Crippen MR) is 118 cm³/mol. The van der Waals surface area contributed by atoms with E-state index in [1.165, 1.54) is 17.6 Å². The van der Waals surface area contributed by atoms with Crippen LogP contribution in [0, 0.1) is 5.41 Å². The van der Waals surface area contributed by atoms with Crippen molar-refractivity contribution in [1.29, 1.82) is 5.41 Å². The number of thiazole rings is 1. The highest BCUT2D eigenvalue weighted by Crippen LogP contribution is 2.28. The molecule has 158 valence electrons. The third-order valence-corrected chi connectivity index (χ3v) is 6.17. The molecule has 2 aromatic carbocycles. The van der Waals surface area contributed by atoms with E-state index in [4.69, 9.17) is 14.9 Å². The van der Waals surface area contributed by atoms with Crippen LogP contribution < -0.4 is 20.1 Å². The molecule has 0 atom stereocenters. The molecule has 3 rings (SSSR count). The summed E-state index contributed by atoms with van der Waals surface area (Å²) in [4.78, 5) is 4.72. The molecule has 0 bridgehead atoms.